The molecule has 4 heteroatoms. The SMILES string of the molecule is COc1ccc(-c2nc(NCCCc3ccccc3)c3ccccc3n2)cc1. The number of hydrogen-bond donors (Lipinski definition) is 1. The van der Waals surface area contributed by atoms with Gasteiger partial charge in [-0.15, -0.1) is 0 Å². The molecule has 0 fully saturated rings. The first-order chi connectivity index (χ1) is 13.8. The predicted molar refractivity (Wildman–Crippen MR) is 115 cm³/mol. The van der Waals surface area contributed by atoms with Gasteiger partial charge in [0.1, 0.15) is 11.6 Å². The Balaban J connectivity index is 1.55. The van der Waals surface area contributed by atoms with Gasteiger partial charge >= 0.3 is 0 Å². The first-order valence-electron chi connectivity index (χ1n) is 9.52. The highest BCUT2D eigenvalue weighted by Crippen LogP contribution is 2.26. The summed E-state index contributed by atoms with van der Waals surface area (Å²) in [5.74, 6) is 2.42. The first-order valence-corrected chi connectivity index (χ1v) is 9.52. The van der Waals surface area contributed by atoms with Gasteiger partial charge in [-0.05, 0) is 54.8 Å². The molecule has 4 nitrogen and oxygen atoms in total. The first kappa shape index (κ1) is 18.0. The summed E-state index contributed by atoms with van der Waals surface area (Å²) in [7, 11) is 1.67. The lowest BCUT2D eigenvalue weighted by atomic mass is 10.1. The zero-order valence-corrected chi connectivity index (χ0v) is 15.9. The summed E-state index contributed by atoms with van der Waals surface area (Å²) in [6.45, 7) is 0.859. The van der Waals surface area contributed by atoms with E-state index in [0.717, 1.165) is 47.4 Å². The fourth-order valence-electron chi connectivity index (χ4n) is 3.22. The van der Waals surface area contributed by atoms with E-state index in [4.69, 9.17) is 14.7 Å². The number of aromatic nitrogens is 2. The molecule has 0 saturated heterocycles. The van der Waals surface area contributed by atoms with E-state index in [9.17, 15) is 0 Å². The van der Waals surface area contributed by atoms with Gasteiger partial charge in [0, 0.05) is 17.5 Å². The Kier molecular flexibility index (Phi) is 5.48. The van der Waals surface area contributed by atoms with Gasteiger partial charge in [-0.2, -0.15) is 0 Å². The third-order valence-electron chi connectivity index (χ3n) is 4.73. The quantitative estimate of drug-likeness (QED) is 0.446. The van der Waals surface area contributed by atoms with Crippen LogP contribution >= 0.6 is 0 Å². The number of nitrogens with zero attached hydrogens (tertiary/aromatic N) is 2. The van der Waals surface area contributed by atoms with Crippen molar-refractivity contribution >= 4 is 16.7 Å². The molecule has 0 spiro atoms. The van der Waals surface area contributed by atoms with Crippen molar-refractivity contribution in [1.29, 1.82) is 0 Å². The van der Waals surface area contributed by atoms with E-state index in [2.05, 4.69) is 41.7 Å². The van der Waals surface area contributed by atoms with Crippen LogP contribution in [0.5, 0.6) is 5.75 Å². The number of rotatable bonds is 7. The van der Waals surface area contributed by atoms with Crippen LogP contribution in [0.25, 0.3) is 22.3 Å². The minimum absolute atomic E-state index is 0.715. The van der Waals surface area contributed by atoms with Crippen LogP contribution in [0, 0.1) is 0 Å². The monoisotopic (exact) mass is 369 g/mol. The second-order valence-corrected chi connectivity index (χ2v) is 6.66. The van der Waals surface area contributed by atoms with E-state index in [1.54, 1.807) is 7.11 Å². The number of methoxy groups -OCH3 is 1. The fourth-order valence-corrected chi connectivity index (χ4v) is 3.22. The Labute approximate surface area is 165 Å². The average Bonchev–Trinajstić information content (AvgIpc) is 2.77. The molecule has 1 heterocycles. The highest BCUT2D eigenvalue weighted by molar-refractivity contribution is 5.90. The smallest absolute Gasteiger partial charge is 0.162 e. The number of anilines is 1. The Morgan fingerprint density at radius 3 is 2.36 bits per heavy atom. The maximum atomic E-state index is 5.25. The molecule has 0 unspecified atom stereocenters. The maximum absolute atomic E-state index is 5.25. The van der Waals surface area contributed by atoms with Gasteiger partial charge in [0.2, 0.25) is 0 Å². The third kappa shape index (κ3) is 4.12. The number of nitrogens with one attached hydrogen (secondary N) is 1. The van der Waals surface area contributed by atoms with Crippen LogP contribution in [0.3, 0.4) is 0 Å². The summed E-state index contributed by atoms with van der Waals surface area (Å²) in [5.41, 5.74) is 3.27. The molecule has 140 valence electrons. The summed E-state index contributed by atoms with van der Waals surface area (Å²) in [6.07, 6.45) is 2.09. The zero-order valence-electron chi connectivity index (χ0n) is 15.9. The van der Waals surface area contributed by atoms with E-state index in [1.165, 1.54) is 5.56 Å². The van der Waals surface area contributed by atoms with E-state index in [-0.39, 0.29) is 0 Å². The molecule has 3 aromatic carbocycles. The predicted octanol–water partition coefficient (Wildman–Crippen LogP) is 5.35. The highest BCUT2D eigenvalue weighted by Gasteiger charge is 2.09. The topological polar surface area (TPSA) is 47.0 Å². The molecule has 28 heavy (non-hydrogen) atoms. The minimum atomic E-state index is 0.715. The lowest BCUT2D eigenvalue weighted by Gasteiger charge is -2.11. The van der Waals surface area contributed by atoms with Crippen molar-refractivity contribution < 1.29 is 4.74 Å². The Morgan fingerprint density at radius 1 is 0.821 bits per heavy atom. The molecule has 0 aliphatic rings. The van der Waals surface area contributed by atoms with Gasteiger partial charge in [0.15, 0.2) is 5.82 Å². The second-order valence-electron chi connectivity index (χ2n) is 6.66. The van der Waals surface area contributed by atoms with Crippen molar-refractivity contribution in [2.24, 2.45) is 0 Å². The number of fused-ring (bicyclic) bond motifs is 1. The highest BCUT2D eigenvalue weighted by atomic mass is 16.5. The molecule has 0 saturated carbocycles. The fraction of sp³-hybridized carbons (Fsp3) is 0.167. The molecule has 0 aliphatic carbocycles. The molecule has 0 radical (unpaired) electrons. The summed E-state index contributed by atoms with van der Waals surface area (Å²) in [4.78, 5) is 9.55. The van der Waals surface area contributed by atoms with Gasteiger partial charge < -0.3 is 10.1 Å². The minimum Gasteiger partial charge on any atom is -0.497 e. The molecule has 0 atom stereocenters. The number of hydrogen-bond acceptors (Lipinski definition) is 4. The summed E-state index contributed by atoms with van der Waals surface area (Å²) >= 11 is 0. The van der Waals surface area contributed by atoms with Crippen LogP contribution in [0.1, 0.15) is 12.0 Å². The molecule has 0 aliphatic heterocycles. The van der Waals surface area contributed by atoms with Crippen molar-refractivity contribution in [3.05, 3.63) is 84.4 Å². The molecule has 0 bridgehead atoms. The Bertz CT molecular complexity index is 1050. The number of aryl methyl sites for hydroxylation is 1. The van der Waals surface area contributed by atoms with Crippen molar-refractivity contribution in [3.63, 3.8) is 0 Å². The number of ether oxygens (including phenoxy) is 1. The maximum Gasteiger partial charge on any atom is 0.162 e. The molecule has 4 aromatic rings. The van der Waals surface area contributed by atoms with E-state index >= 15 is 0 Å². The molecular weight excluding hydrogens is 346 g/mol. The lowest BCUT2D eigenvalue weighted by molar-refractivity contribution is 0.415. The van der Waals surface area contributed by atoms with Crippen molar-refractivity contribution in [2.75, 3.05) is 19.0 Å². The molecule has 4 rings (SSSR count). The van der Waals surface area contributed by atoms with Gasteiger partial charge in [-0.1, -0.05) is 42.5 Å². The van der Waals surface area contributed by atoms with Gasteiger partial charge in [0.05, 0.1) is 12.6 Å². The van der Waals surface area contributed by atoms with Crippen LogP contribution < -0.4 is 10.1 Å². The second kappa shape index (κ2) is 8.53. The summed E-state index contributed by atoms with van der Waals surface area (Å²) in [5, 5.41) is 4.56. The van der Waals surface area contributed by atoms with Gasteiger partial charge in [-0.3, -0.25) is 0 Å². The Morgan fingerprint density at radius 2 is 1.57 bits per heavy atom. The van der Waals surface area contributed by atoms with E-state index < -0.39 is 0 Å². The molecular formula is C24H23N3O. The zero-order chi connectivity index (χ0) is 19.2. The van der Waals surface area contributed by atoms with Crippen molar-refractivity contribution in [3.8, 4) is 17.1 Å². The normalized spacial score (nSPS) is 10.8. The van der Waals surface area contributed by atoms with Gasteiger partial charge in [-0.25, -0.2) is 9.97 Å². The molecule has 1 N–H and O–H groups in total. The largest absolute Gasteiger partial charge is 0.497 e. The number of benzene rings is 3. The van der Waals surface area contributed by atoms with Crippen LogP contribution in [0.4, 0.5) is 5.82 Å². The standard InChI is InChI=1S/C24H23N3O/c1-28-20-15-13-19(14-16-20)23-26-22-12-6-5-11-21(22)24(27-23)25-17-7-10-18-8-3-2-4-9-18/h2-6,8-9,11-16H,7,10,17H2,1H3,(H,25,26,27). The third-order valence-corrected chi connectivity index (χ3v) is 4.73. The van der Waals surface area contributed by atoms with E-state index in [1.807, 2.05) is 42.5 Å². The summed E-state index contributed by atoms with van der Waals surface area (Å²) < 4.78 is 5.25. The molecule has 1 aromatic heterocycles. The van der Waals surface area contributed by atoms with Crippen LogP contribution in [0.15, 0.2) is 78.9 Å². The van der Waals surface area contributed by atoms with Gasteiger partial charge in [0.25, 0.3) is 0 Å². The van der Waals surface area contributed by atoms with Crippen molar-refractivity contribution in [1.82, 2.24) is 9.97 Å². The Hall–Kier alpha value is -3.40. The van der Waals surface area contributed by atoms with Crippen molar-refractivity contribution in [2.45, 2.75) is 12.8 Å². The van der Waals surface area contributed by atoms with Crippen LogP contribution in [0.2, 0.25) is 0 Å². The number of para-hydroxylation sites is 1. The molecule has 0 amide bonds. The average molecular weight is 369 g/mol. The van der Waals surface area contributed by atoms with Crippen LogP contribution in [-0.2, 0) is 6.42 Å². The lowest BCUT2D eigenvalue weighted by Crippen LogP contribution is -2.06. The van der Waals surface area contributed by atoms with E-state index in [0.29, 0.717) is 5.82 Å². The summed E-state index contributed by atoms with van der Waals surface area (Å²) in [6, 6.07) is 26.5. The van der Waals surface area contributed by atoms with Crippen LogP contribution in [-0.4, -0.2) is 23.6 Å².